The summed E-state index contributed by atoms with van der Waals surface area (Å²) in [6.07, 6.45) is 1.81. The molecule has 0 unspecified atom stereocenters. The molecule has 0 atom stereocenters. The molecule has 3 nitrogen and oxygen atoms in total. The van der Waals surface area contributed by atoms with Crippen LogP contribution < -0.4 is 5.32 Å². The first-order chi connectivity index (χ1) is 10.7. The van der Waals surface area contributed by atoms with Crippen molar-refractivity contribution >= 4 is 0 Å². The zero-order valence-electron chi connectivity index (χ0n) is 12.4. The van der Waals surface area contributed by atoms with Crippen molar-refractivity contribution < 1.29 is 4.39 Å². The Bertz CT molecular complexity index is 730. The van der Waals surface area contributed by atoms with Crippen LogP contribution in [-0.4, -0.2) is 10.2 Å². The van der Waals surface area contributed by atoms with Gasteiger partial charge in [0.15, 0.2) is 0 Å². The summed E-state index contributed by atoms with van der Waals surface area (Å²) in [6, 6.07) is 14.9. The lowest BCUT2D eigenvalue weighted by Crippen LogP contribution is -2.12. The zero-order chi connectivity index (χ0) is 15.4. The van der Waals surface area contributed by atoms with E-state index >= 15 is 0 Å². The highest BCUT2D eigenvalue weighted by molar-refractivity contribution is 5.62. The Morgan fingerprint density at radius 1 is 1.00 bits per heavy atom. The van der Waals surface area contributed by atoms with Gasteiger partial charge in [-0.2, -0.15) is 5.10 Å². The molecule has 0 aliphatic heterocycles. The van der Waals surface area contributed by atoms with Crippen LogP contribution in [0.4, 0.5) is 4.39 Å². The van der Waals surface area contributed by atoms with Crippen LogP contribution in [0.15, 0.2) is 54.7 Å². The topological polar surface area (TPSA) is 40.7 Å². The number of hydrogen-bond donors (Lipinski definition) is 2. The van der Waals surface area contributed by atoms with E-state index in [2.05, 4.69) is 46.7 Å². The minimum absolute atomic E-state index is 0.234. The number of benzene rings is 2. The molecule has 112 valence electrons. The maximum atomic E-state index is 13.0. The fraction of sp³-hybridized carbons (Fsp3) is 0.167. The van der Waals surface area contributed by atoms with Crippen LogP contribution in [0.3, 0.4) is 0 Å². The summed E-state index contributed by atoms with van der Waals surface area (Å²) in [5.74, 6) is -0.234. The summed E-state index contributed by atoms with van der Waals surface area (Å²) >= 11 is 0. The molecule has 1 heterocycles. The Morgan fingerprint density at radius 2 is 1.73 bits per heavy atom. The summed E-state index contributed by atoms with van der Waals surface area (Å²) in [6.45, 7) is 3.59. The smallest absolute Gasteiger partial charge is 0.123 e. The first-order valence-corrected chi connectivity index (χ1v) is 7.27. The molecule has 0 fully saturated rings. The lowest BCUT2D eigenvalue weighted by molar-refractivity contribution is 0.628. The van der Waals surface area contributed by atoms with Gasteiger partial charge in [-0.3, -0.25) is 5.10 Å². The van der Waals surface area contributed by atoms with Crippen molar-refractivity contribution in [1.29, 1.82) is 0 Å². The molecule has 0 amide bonds. The van der Waals surface area contributed by atoms with Crippen LogP contribution in [-0.2, 0) is 13.1 Å². The van der Waals surface area contributed by atoms with Gasteiger partial charge in [-0.1, -0.05) is 29.8 Å². The highest BCUT2D eigenvalue weighted by Gasteiger charge is 2.07. The van der Waals surface area contributed by atoms with Gasteiger partial charge in [-0.25, -0.2) is 4.39 Å². The monoisotopic (exact) mass is 295 g/mol. The lowest BCUT2D eigenvalue weighted by atomic mass is 10.1. The van der Waals surface area contributed by atoms with E-state index < -0.39 is 0 Å². The normalized spacial score (nSPS) is 10.8. The summed E-state index contributed by atoms with van der Waals surface area (Å²) < 4.78 is 13.0. The van der Waals surface area contributed by atoms with E-state index in [-0.39, 0.29) is 5.82 Å². The molecule has 0 aliphatic rings. The Kier molecular flexibility index (Phi) is 4.30. The first-order valence-electron chi connectivity index (χ1n) is 7.27. The van der Waals surface area contributed by atoms with E-state index in [1.54, 1.807) is 18.3 Å². The molecule has 3 aromatic rings. The van der Waals surface area contributed by atoms with Crippen molar-refractivity contribution in [3.63, 3.8) is 0 Å². The van der Waals surface area contributed by atoms with Gasteiger partial charge < -0.3 is 5.32 Å². The Balaban J connectivity index is 1.65. The number of aromatic nitrogens is 2. The molecule has 0 bridgehead atoms. The Morgan fingerprint density at radius 3 is 2.45 bits per heavy atom. The minimum Gasteiger partial charge on any atom is -0.308 e. The molecule has 0 aliphatic carbocycles. The van der Waals surface area contributed by atoms with Gasteiger partial charge in [0.2, 0.25) is 0 Å². The van der Waals surface area contributed by atoms with Crippen molar-refractivity contribution in [2.45, 2.75) is 20.0 Å². The van der Waals surface area contributed by atoms with Crippen molar-refractivity contribution in [3.05, 3.63) is 77.2 Å². The fourth-order valence-corrected chi connectivity index (χ4v) is 2.36. The van der Waals surface area contributed by atoms with E-state index in [1.807, 2.05) is 0 Å². The van der Waals surface area contributed by atoms with Crippen LogP contribution in [0.2, 0.25) is 0 Å². The van der Waals surface area contributed by atoms with Gasteiger partial charge in [0.05, 0.1) is 11.9 Å². The number of nitrogens with zero attached hydrogens (tertiary/aromatic N) is 1. The van der Waals surface area contributed by atoms with Crippen molar-refractivity contribution in [1.82, 2.24) is 15.5 Å². The van der Waals surface area contributed by atoms with E-state index in [9.17, 15) is 4.39 Å². The molecular weight excluding hydrogens is 277 g/mol. The summed E-state index contributed by atoms with van der Waals surface area (Å²) in [5.41, 5.74) is 5.44. The molecule has 4 heteroatoms. The molecule has 2 aromatic carbocycles. The van der Waals surface area contributed by atoms with Gasteiger partial charge in [-0.15, -0.1) is 0 Å². The third-order valence-corrected chi connectivity index (χ3v) is 3.62. The molecule has 0 saturated heterocycles. The van der Waals surface area contributed by atoms with Crippen molar-refractivity contribution in [2.75, 3.05) is 0 Å². The van der Waals surface area contributed by atoms with Gasteiger partial charge in [0.1, 0.15) is 5.82 Å². The summed E-state index contributed by atoms with van der Waals surface area (Å²) in [5, 5.41) is 10.5. The molecule has 1 aromatic heterocycles. The number of hydrogen-bond acceptors (Lipinski definition) is 2. The van der Waals surface area contributed by atoms with Gasteiger partial charge in [-0.05, 0) is 36.8 Å². The number of nitrogens with one attached hydrogen (secondary N) is 2. The summed E-state index contributed by atoms with van der Waals surface area (Å²) in [7, 11) is 0. The van der Waals surface area contributed by atoms with Crippen LogP contribution in [0.5, 0.6) is 0 Å². The van der Waals surface area contributed by atoms with E-state index in [4.69, 9.17) is 0 Å². The van der Waals surface area contributed by atoms with E-state index in [1.165, 1.54) is 23.3 Å². The number of aromatic amines is 1. The molecule has 22 heavy (non-hydrogen) atoms. The average Bonchev–Trinajstić information content (AvgIpc) is 2.98. The van der Waals surface area contributed by atoms with Crippen LogP contribution >= 0.6 is 0 Å². The standard InChI is InChI=1S/C18H18FN3/c1-13-2-4-14(5-3-13)10-20-11-16-12-21-22-18(16)15-6-8-17(19)9-7-15/h2-9,12,20H,10-11H2,1H3,(H,21,22). The second-order valence-electron chi connectivity index (χ2n) is 5.37. The second-order valence-corrected chi connectivity index (χ2v) is 5.37. The molecular formula is C18H18FN3. The SMILES string of the molecule is Cc1ccc(CNCc2cn[nH]c2-c2ccc(F)cc2)cc1. The highest BCUT2D eigenvalue weighted by atomic mass is 19.1. The highest BCUT2D eigenvalue weighted by Crippen LogP contribution is 2.21. The first kappa shape index (κ1) is 14.5. The number of rotatable bonds is 5. The van der Waals surface area contributed by atoms with Crippen LogP contribution in [0.25, 0.3) is 11.3 Å². The largest absolute Gasteiger partial charge is 0.308 e. The zero-order valence-corrected chi connectivity index (χ0v) is 12.4. The Labute approximate surface area is 129 Å². The molecule has 0 radical (unpaired) electrons. The van der Waals surface area contributed by atoms with Crippen LogP contribution in [0.1, 0.15) is 16.7 Å². The van der Waals surface area contributed by atoms with Crippen LogP contribution in [0, 0.1) is 12.7 Å². The maximum absolute atomic E-state index is 13.0. The number of H-pyrrole nitrogens is 1. The maximum Gasteiger partial charge on any atom is 0.123 e. The fourth-order valence-electron chi connectivity index (χ4n) is 2.36. The third-order valence-electron chi connectivity index (χ3n) is 3.62. The molecule has 0 saturated carbocycles. The van der Waals surface area contributed by atoms with Gasteiger partial charge in [0, 0.05) is 24.2 Å². The molecule has 3 rings (SSSR count). The average molecular weight is 295 g/mol. The number of halogens is 1. The van der Waals surface area contributed by atoms with Crippen molar-refractivity contribution in [2.24, 2.45) is 0 Å². The van der Waals surface area contributed by atoms with E-state index in [0.29, 0.717) is 6.54 Å². The van der Waals surface area contributed by atoms with Crippen molar-refractivity contribution in [3.8, 4) is 11.3 Å². The van der Waals surface area contributed by atoms with Gasteiger partial charge >= 0.3 is 0 Å². The minimum atomic E-state index is -0.234. The predicted octanol–water partition coefficient (Wildman–Crippen LogP) is 3.81. The lowest BCUT2D eigenvalue weighted by Gasteiger charge is -2.06. The summed E-state index contributed by atoms with van der Waals surface area (Å²) in [4.78, 5) is 0. The molecule has 2 N–H and O–H groups in total. The molecule has 0 spiro atoms. The second kappa shape index (κ2) is 6.54. The Hall–Kier alpha value is -2.46. The van der Waals surface area contributed by atoms with Gasteiger partial charge in [0.25, 0.3) is 0 Å². The predicted molar refractivity (Wildman–Crippen MR) is 85.7 cm³/mol. The quantitative estimate of drug-likeness (QED) is 0.751. The number of aryl methyl sites for hydroxylation is 1. The van der Waals surface area contributed by atoms with E-state index in [0.717, 1.165) is 23.4 Å². The third kappa shape index (κ3) is 3.40.